The minimum absolute atomic E-state index is 0.369. The maximum absolute atomic E-state index is 10.7. The van der Waals surface area contributed by atoms with Crippen LogP contribution in [0.1, 0.15) is 0 Å². The number of methoxy groups -OCH3 is 1. The number of carbonyl (C=O) groups is 2. The second-order valence-corrected chi connectivity index (χ2v) is 1.74. The lowest BCUT2D eigenvalue weighted by Gasteiger charge is -2.04. The van der Waals surface area contributed by atoms with Gasteiger partial charge >= 0.3 is 5.97 Å². The van der Waals surface area contributed by atoms with Crippen molar-refractivity contribution in [3.63, 3.8) is 0 Å². The van der Waals surface area contributed by atoms with Gasteiger partial charge < -0.3 is 9.47 Å². The summed E-state index contributed by atoms with van der Waals surface area (Å²) in [5, 5.41) is 0. The largest absolute Gasteiger partial charge is 0.478 e. The fraction of sp³-hybridized carbons (Fsp3) is 0.333. The molecule has 4 nitrogen and oxygen atoms in total. The average Bonchev–Trinajstić information content (AvgIpc) is 2.34. The smallest absolute Gasteiger partial charge is 0.355 e. The van der Waals surface area contributed by atoms with Gasteiger partial charge in [0.25, 0.3) is 6.10 Å². The van der Waals surface area contributed by atoms with Gasteiger partial charge in [-0.3, -0.25) is 4.79 Å². The third kappa shape index (κ3) is 1.00. The van der Waals surface area contributed by atoms with Crippen molar-refractivity contribution in [2.24, 2.45) is 0 Å². The molecule has 10 heavy (non-hydrogen) atoms. The molecule has 54 valence electrons. The van der Waals surface area contributed by atoms with E-state index < -0.39 is 12.1 Å². The number of hydrogen-bond acceptors (Lipinski definition) is 4. The van der Waals surface area contributed by atoms with Crippen LogP contribution < -0.4 is 0 Å². The lowest BCUT2D eigenvalue weighted by Crippen LogP contribution is -2.28. The number of carbonyl (C=O) groups excluding carboxylic acids is 2. The molecule has 0 bridgehead atoms. The molecule has 1 aliphatic rings. The minimum Gasteiger partial charge on any atom is -0.478 e. The van der Waals surface area contributed by atoms with E-state index >= 15 is 0 Å². The summed E-state index contributed by atoms with van der Waals surface area (Å²) in [7, 11) is 1.21. The van der Waals surface area contributed by atoms with Crippen LogP contribution in [0.2, 0.25) is 0 Å². The number of rotatable bonds is 1. The van der Waals surface area contributed by atoms with Crippen LogP contribution in [-0.4, -0.2) is 25.0 Å². The topological polar surface area (TPSA) is 52.6 Å². The maximum Gasteiger partial charge on any atom is 0.355 e. The van der Waals surface area contributed by atoms with Crippen molar-refractivity contribution in [2.45, 2.75) is 6.10 Å². The molecular weight excluding hydrogens is 136 g/mol. The molecule has 1 heterocycles. The standard InChI is InChI=1S/C6H6O4/c1-9-6(8)5-4(7)2-3-10-5/h2-3,5H,1H3. The summed E-state index contributed by atoms with van der Waals surface area (Å²) in [6.07, 6.45) is 1.32. The number of ether oxygens (including phenoxy) is 2. The molecule has 0 aromatic rings. The van der Waals surface area contributed by atoms with Crippen LogP contribution in [0.4, 0.5) is 0 Å². The molecule has 0 amide bonds. The summed E-state index contributed by atoms with van der Waals surface area (Å²) in [5.74, 6) is -1.03. The van der Waals surface area contributed by atoms with Crippen LogP contribution in [0.5, 0.6) is 0 Å². The number of hydrogen-bond donors (Lipinski definition) is 0. The van der Waals surface area contributed by atoms with Crippen molar-refractivity contribution >= 4 is 11.8 Å². The first kappa shape index (κ1) is 6.80. The summed E-state index contributed by atoms with van der Waals surface area (Å²) >= 11 is 0. The molecule has 1 atom stereocenters. The number of ketones is 1. The lowest BCUT2D eigenvalue weighted by atomic mass is 10.2. The van der Waals surface area contributed by atoms with E-state index in [9.17, 15) is 9.59 Å². The molecule has 0 aromatic heterocycles. The molecule has 0 spiro atoms. The first-order valence-electron chi connectivity index (χ1n) is 2.69. The average molecular weight is 142 g/mol. The summed E-state index contributed by atoms with van der Waals surface area (Å²) in [6, 6.07) is 0. The third-order valence-electron chi connectivity index (χ3n) is 1.12. The molecule has 1 rings (SSSR count). The van der Waals surface area contributed by atoms with Crippen LogP contribution in [0.15, 0.2) is 12.3 Å². The third-order valence-corrected chi connectivity index (χ3v) is 1.12. The van der Waals surface area contributed by atoms with E-state index in [1.807, 2.05) is 0 Å². The van der Waals surface area contributed by atoms with E-state index in [1.54, 1.807) is 0 Å². The van der Waals surface area contributed by atoms with Crippen molar-refractivity contribution in [1.82, 2.24) is 0 Å². The SMILES string of the molecule is COC(=O)C1OC=CC1=O. The van der Waals surface area contributed by atoms with Crippen LogP contribution >= 0.6 is 0 Å². The predicted molar refractivity (Wildman–Crippen MR) is 31.0 cm³/mol. The van der Waals surface area contributed by atoms with E-state index in [0.29, 0.717) is 0 Å². The van der Waals surface area contributed by atoms with Crippen molar-refractivity contribution in [1.29, 1.82) is 0 Å². The Bertz CT molecular complexity index is 194. The minimum atomic E-state index is -1.06. The molecule has 0 saturated carbocycles. The molecule has 4 heteroatoms. The van der Waals surface area contributed by atoms with Gasteiger partial charge in [0.1, 0.15) is 0 Å². The molecule has 1 aliphatic heterocycles. The fourth-order valence-corrected chi connectivity index (χ4v) is 0.618. The van der Waals surface area contributed by atoms with Gasteiger partial charge in [-0.2, -0.15) is 0 Å². The van der Waals surface area contributed by atoms with Gasteiger partial charge in [0.2, 0.25) is 5.78 Å². The van der Waals surface area contributed by atoms with E-state index in [4.69, 9.17) is 0 Å². The predicted octanol–water partition coefficient (Wildman–Crippen LogP) is -0.359. The maximum atomic E-state index is 10.7. The summed E-state index contributed by atoms with van der Waals surface area (Å²) in [6.45, 7) is 0. The normalized spacial score (nSPS) is 22.5. The van der Waals surface area contributed by atoms with E-state index in [1.165, 1.54) is 19.4 Å². The Kier molecular flexibility index (Phi) is 1.71. The summed E-state index contributed by atoms with van der Waals surface area (Å²) in [4.78, 5) is 21.3. The second kappa shape index (κ2) is 2.51. The first-order valence-corrected chi connectivity index (χ1v) is 2.69. The molecule has 0 aliphatic carbocycles. The van der Waals surface area contributed by atoms with Crippen molar-refractivity contribution in [2.75, 3.05) is 7.11 Å². The van der Waals surface area contributed by atoms with Crippen molar-refractivity contribution < 1.29 is 19.1 Å². The molecule has 0 N–H and O–H groups in total. The van der Waals surface area contributed by atoms with Gasteiger partial charge in [0.15, 0.2) is 0 Å². The van der Waals surface area contributed by atoms with Crippen LogP contribution in [-0.2, 0) is 19.1 Å². The number of esters is 1. The zero-order valence-electron chi connectivity index (χ0n) is 5.37. The van der Waals surface area contributed by atoms with Crippen LogP contribution in [0.25, 0.3) is 0 Å². The van der Waals surface area contributed by atoms with Gasteiger partial charge in [0, 0.05) is 6.08 Å². The first-order chi connectivity index (χ1) is 4.75. The van der Waals surface area contributed by atoms with E-state index in [-0.39, 0.29) is 5.78 Å². The van der Waals surface area contributed by atoms with Crippen LogP contribution in [0.3, 0.4) is 0 Å². The highest BCUT2D eigenvalue weighted by atomic mass is 16.6. The summed E-state index contributed by atoms with van der Waals surface area (Å²) in [5.41, 5.74) is 0. The summed E-state index contributed by atoms with van der Waals surface area (Å²) < 4.78 is 8.89. The molecule has 0 fully saturated rings. The molecule has 0 aromatic carbocycles. The van der Waals surface area contributed by atoms with Crippen LogP contribution in [0, 0.1) is 0 Å². The van der Waals surface area contributed by atoms with Crippen molar-refractivity contribution in [3.8, 4) is 0 Å². The van der Waals surface area contributed by atoms with Gasteiger partial charge in [-0.05, 0) is 0 Å². The fourth-order valence-electron chi connectivity index (χ4n) is 0.618. The lowest BCUT2D eigenvalue weighted by molar-refractivity contribution is -0.152. The zero-order chi connectivity index (χ0) is 7.56. The Labute approximate surface area is 57.4 Å². The van der Waals surface area contributed by atoms with Gasteiger partial charge in [-0.1, -0.05) is 0 Å². The Morgan fingerprint density at radius 3 is 2.90 bits per heavy atom. The van der Waals surface area contributed by atoms with Gasteiger partial charge in [0.05, 0.1) is 13.4 Å². The Hall–Kier alpha value is -1.32. The van der Waals surface area contributed by atoms with E-state index in [2.05, 4.69) is 9.47 Å². The molecule has 0 saturated heterocycles. The Morgan fingerprint density at radius 1 is 1.80 bits per heavy atom. The monoisotopic (exact) mass is 142 g/mol. The molecular formula is C6H6O4. The highest BCUT2D eigenvalue weighted by Crippen LogP contribution is 2.05. The Morgan fingerprint density at radius 2 is 2.50 bits per heavy atom. The van der Waals surface area contributed by atoms with Crippen molar-refractivity contribution in [3.05, 3.63) is 12.3 Å². The zero-order valence-corrected chi connectivity index (χ0v) is 5.37. The van der Waals surface area contributed by atoms with E-state index in [0.717, 1.165) is 0 Å². The Balaban J connectivity index is 2.59. The second-order valence-electron chi connectivity index (χ2n) is 1.74. The highest BCUT2D eigenvalue weighted by Gasteiger charge is 2.29. The molecule has 1 unspecified atom stereocenters. The quantitative estimate of drug-likeness (QED) is 0.370. The van der Waals surface area contributed by atoms with Gasteiger partial charge in [-0.15, -0.1) is 0 Å². The van der Waals surface area contributed by atoms with Gasteiger partial charge in [-0.25, -0.2) is 4.79 Å². The highest BCUT2D eigenvalue weighted by molar-refractivity contribution is 6.08. The molecule has 0 radical (unpaired) electrons.